The van der Waals surface area contributed by atoms with Crippen LogP contribution >= 0.6 is 34.8 Å². The first-order chi connectivity index (χ1) is 8.59. The van der Waals surface area contributed by atoms with Gasteiger partial charge in [0.2, 0.25) is 0 Å². The van der Waals surface area contributed by atoms with Gasteiger partial charge in [0.1, 0.15) is 0 Å². The van der Waals surface area contributed by atoms with Gasteiger partial charge in [-0.3, -0.25) is 4.98 Å². The maximum atomic E-state index is 6.13. The van der Waals surface area contributed by atoms with Crippen molar-refractivity contribution in [3.05, 3.63) is 56.8 Å². The van der Waals surface area contributed by atoms with Gasteiger partial charge in [-0.1, -0.05) is 34.8 Å². The van der Waals surface area contributed by atoms with E-state index in [1.807, 2.05) is 13.0 Å². The number of nitrogens with zero attached hydrogens (tertiary/aromatic N) is 1. The van der Waals surface area contributed by atoms with E-state index in [0.717, 1.165) is 16.8 Å². The zero-order valence-electron chi connectivity index (χ0n) is 9.67. The van der Waals surface area contributed by atoms with E-state index in [9.17, 15) is 0 Å². The van der Waals surface area contributed by atoms with Crippen molar-refractivity contribution in [2.75, 3.05) is 5.32 Å². The highest BCUT2D eigenvalue weighted by atomic mass is 35.5. The number of aryl methyl sites for hydroxylation is 1. The summed E-state index contributed by atoms with van der Waals surface area (Å²) in [6.45, 7) is 2.51. The van der Waals surface area contributed by atoms with Gasteiger partial charge in [-0.05, 0) is 30.7 Å². The summed E-state index contributed by atoms with van der Waals surface area (Å²) in [5.41, 5.74) is 2.85. The van der Waals surface area contributed by atoms with E-state index in [1.54, 1.807) is 24.5 Å². The van der Waals surface area contributed by atoms with Gasteiger partial charge in [-0.15, -0.1) is 0 Å². The molecule has 1 heterocycles. The molecule has 0 bridgehead atoms. The molecular weight excluding hydrogens is 291 g/mol. The largest absolute Gasteiger partial charge is 0.379 e. The van der Waals surface area contributed by atoms with E-state index in [4.69, 9.17) is 34.8 Å². The van der Waals surface area contributed by atoms with Crippen LogP contribution in [0.3, 0.4) is 0 Å². The zero-order chi connectivity index (χ0) is 13.1. The lowest BCUT2D eigenvalue weighted by molar-refractivity contribution is 1.12. The molecule has 0 spiro atoms. The second-order valence-electron chi connectivity index (χ2n) is 3.87. The van der Waals surface area contributed by atoms with Gasteiger partial charge >= 0.3 is 0 Å². The van der Waals surface area contributed by atoms with Gasteiger partial charge in [0, 0.05) is 23.3 Å². The van der Waals surface area contributed by atoms with E-state index in [2.05, 4.69) is 10.3 Å². The Kier molecular flexibility index (Phi) is 4.33. The Balaban J connectivity index is 2.21. The third-order valence-corrected chi connectivity index (χ3v) is 3.83. The van der Waals surface area contributed by atoms with Crippen molar-refractivity contribution < 1.29 is 0 Å². The predicted molar refractivity (Wildman–Crippen MR) is 77.8 cm³/mol. The summed E-state index contributed by atoms with van der Waals surface area (Å²) < 4.78 is 0. The molecular formula is C13H11Cl3N2. The van der Waals surface area contributed by atoms with Crippen molar-refractivity contribution in [2.45, 2.75) is 13.5 Å². The monoisotopic (exact) mass is 300 g/mol. The molecule has 2 rings (SSSR count). The molecule has 5 heteroatoms. The lowest BCUT2D eigenvalue weighted by Gasteiger charge is -2.12. The van der Waals surface area contributed by atoms with Crippen molar-refractivity contribution in [1.29, 1.82) is 0 Å². The first-order valence-corrected chi connectivity index (χ1v) is 6.50. The highest BCUT2D eigenvalue weighted by Gasteiger charge is 2.09. The second kappa shape index (κ2) is 5.79. The third-order valence-electron chi connectivity index (χ3n) is 2.63. The number of rotatable bonds is 3. The average molecular weight is 302 g/mol. The fourth-order valence-electron chi connectivity index (χ4n) is 1.56. The molecule has 2 nitrogen and oxygen atoms in total. The SMILES string of the molecule is Cc1ccncc1NCc1c(Cl)ccc(Cl)c1Cl. The van der Waals surface area contributed by atoms with E-state index in [1.165, 1.54) is 0 Å². The third kappa shape index (κ3) is 2.89. The highest BCUT2D eigenvalue weighted by molar-refractivity contribution is 6.44. The molecule has 0 fully saturated rings. The average Bonchev–Trinajstić information content (AvgIpc) is 2.36. The van der Waals surface area contributed by atoms with Crippen LogP contribution in [0.15, 0.2) is 30.6 Å². The number of anilines is 1. The van der Waals surface area contributed by atoms with Crippen LogP contribution in [0.5, 0.6) is 0 Å². The predicted octanol–water partition coefficient (Wildman–Crippen LogP) is 4.96. The molecule has 0 saturated heterocycles. The number of halogens is 3. The van der Waals surface area contributed by atoms with Crippen LogP contribution in [0.1, 0.15) is 11.1 Å². The molecule has 18 heavy (non-hydrogen) atoms. The van der Waals surface area contributed by atoms with Crippen molar-refractivity contribution in [3.8, 4) is 0 Å². The molecule has 1 N–H and O–H groups in total. The smallest absolute Gasteiger partial charge is 0.0657 e. The summed E-state index contributed by atoms with van der Waals surface area (Å²) >= 11 is 18.2. The van der Waals surface area contributed by atoms with Crippen LogP contribution in [0, 0.1) is 6.92 Å². The summed E-state index contributed by atoms with van der Waals surface area (Å²) in [4.78, 5) is 4.07. The maximum Gasteiger partial charge on any atom is 0.0657 e. The van der Waals surface area contributed by atoms with Crippen LogP contribution in [0.2, 0.25) is 15.1 Å². The molecule has 1 aromatic carbocycles. The van der Waals surface area contributed by atoms with Crippen LogP contribution < -0.4 is 5.32 Å². The molecule has 0 unspecified atom stereocenters. The van der Waals surface area contributed by atoms with E-state index in [-0.39, 0.29) is 0 Å². The molecule has 0 amide bonds. The highest BCUT2D eigenvalue weighted by Crippen LogP contribution is 2.32. The summed E-state index contributed by atoms with van der Waals surface area (Å²) in [7, 11) is 0. The van der Waals surface area contributed by atoms with Crippen LogP contribution in [0.25, 0.3) is 0 Å². The van der Waals surface area contributed by atoms with Gasteiger partial charge in [0.25, 0.3) is 0 Å². The summed E-state index contributed by atoms with van der Waals surface area (Å²) in [6.07, 6.45) is 3.52. The minimum Gasteiger partial charge on any atom is -0.379 e. The Morgan fingerprint density at radius 1 is 1.11 bits per heavy atom. The minimum atomic E-state index is 0.484. The standard InChI is InChI=1S/C13H11Cl3N2/c1-8-4-5-17-7-12(8)18-6-9-10(14)2-3-11(15)13(9)16/h2-5,7,18H,6H2,1H3. The van der Waals surface area contributed by atoms with Gasteiger partial charge in [-0.2, -0.15) is 0 Å². The van der Waals surface area contributed by atoms with Crippen LogP contribution in [-0.2, 0) is 6.54 Å². The van der Waals surface area contributed by atoms with E-state index < -0.39 is 0 Å². The summed E-state index contributed by atoms with van der Waals surface area (Å²) in [5, 5.41) is 4.83. The first-order valence-electron chi connectivity index (χ1n) is 5.36. The quantitative estimate of drug-likeness (QED) is 0.810. The number of hydrogen-bond acceptors (Lipinski definition) is 2. The number of benzene rings is 1. The van der Waals surface area contributed by atoms with Crippen molar-refractivity contribution >= 4 is 40.5 Å². The Bertz CT molecular complexity index is 570. The van der Waals surface area contributed by atoms with Crippen LogP contribution in [-0.4, -0.2) is 4.98 Å². The second-order valence-corrected chi connectivity index (χ2v) is 5.06. The number of nitrogens with one attached hydrogen (secondary N) is 1. The summed E-state index contributed by atoms with van der Waals surface area (Å²) in [5.74, 6) is 0. The summed E-state index contributed by atoms with van der Waals surface area (Å²) in [6, 6.07) is 5.36. The topological polar surface area (TPSA) is 24.9 Å². The molecule has 0 saturated carbocycles. The van der Waals surface area contributed by atoms with Crippen molar-refractivity contribution in [2.24, 2.45) is 0 Å². The number of aromatic nitrogens is 1. The first kappa shape index (κ1) is 13.5. The van der Waals surface area contributed by atoms with Gasteiger partial charge < -0.3 is 5.32 Å². The van der Waals surface area contributed by atoms with Crippen molar-refractivity contribution in [1.82, 2.24) is 4.98 Å². The molecule has 0 radical (unpaired) electrons. The zero-order valence-corrected chi connectivity index (χ0v) is 11.9. The maximum absolute atomic E-state index is 6.13. The molecule has 94 valence electrons. The van der Waals surface area contributed by atoms with Gasteiger partial charge in [-0.25, -0.2) is 0 Å². The molecule has 0 aliphatic rings. The minimum absolute atomic E-state index is 0.484. The lowest BCUT2D eigenvalue weighted by Crippen LogP contribution is -2.03. The number of hydrogen-bond donors (Lipinski definition) is 1. The van der Waals surface area contributed by atoms with Gasteiger partial charge in [0.15, 0.2) is 0 Å². The van der Waals surface area contributed by atoms with Gasteiger partial charge in [0.05, 0.1) is 21.9 Å². The van der Waals surface area contributed by atoms with Crippen LogP contribution in [0.4, 0.5) is 5.69 Å². The molecule has 1 aromatic heterocycles. The van der Waals surface area contributed by atoms with Crippen molar-refractivity contribution in [3.63, 3.8) is 0 Å². The van der Waals surface area contributed by atoms with E-state index >= 15 is 0 Å². The normalized spacial score (nSPS) is 10.4. The number of pyridine rings is 1. The fraction of sp³-hybridized carbons (Fsp3) is 0.154. The lowest BCUT2D eigenvalue weighted by atomic mass is 10.2. The Hall–Kier alpha value is -0.960. The molecule has 0 atom stereocenters. The Morgan fingerprint density at radius 3 is 2.56 bits per heavy atom. The molecule has 0 aliphatic heterocycles. The molecule has 0 aliphatic carbocycles. The fourth-order valence-corrected chi connectivity index (χ4v) is 2.25. The molecule has 2 aromatic rings. The van der Waals surface area contributed by atoms with E-state index in [0.29, 0.717) is 21.6 Å². The Labute approximate surface area is 121 Å². The Morgan fingerprint density at radius 2 is 1.83 bits per heavy atom.